The Balaban J connectivity index is 1.55. The van der Waals surface area contributed by atoms with Gasteiger partial charge >= 0.3 is 0 Å². The van der Waals surface area contributed by atoms with Crippen LogP contribution in [0.3, 0.4) is 0 Å². The smallest absolute Gasteiger partial charge is 0.266 e. The van der Waals surface area contributed by atoms with E-state index in [0.717, 1.165) is 4.90 Å². The highest BCUT2D eigenvalue weighted by Crippen LogP contribution is 2.36. The van der Waals surface area contributed by atoms with Crippen LogP contribution in [0, 0.1) is 11.3 Å². The summed E-state index contributed by atoms with van der Waals surface area (Å²) >= 11 is 0. The molecule has 7 nitrogen and oxygen atoms in total. The molecule has 0 unspecified atom stereocenters. The molecule has 0 saturated heterocycles. The molecule has 0 fully saturated rings. The summed E-state index contributed by atoms with van der Waals surface area (Å²) < 4.78 is 0. The number of aromatic hydroxyl groups is 1. The van der Waals surface area contributed by atoms with E-state index >= 15 is 0 Å². The molecule has 0 saturated carbocycles. The number of phenols is 1. The largest absolute Gasteiger partial charge is 0.507 e. The average molecular weight is 432 g/mol. The van der Waals surface area contributed by atoms with Crippen molar-refractivity contribution < 1.29 is 14.7 Å². The number of hydrogen-bond acceptors (Lipinski definition) is 6. The molecule has 4 aromatic rings. The number of pyridine rings is 1. The molecular weight excluding hydrogens is 416 g/mol. The van der Waals surface area contributed by atoms with E-state index in [0.29, 0.717) is 39.2 Å². The number of anilines is 2. The van der Waals surface area contributed by atoms with Gasteiger partial charge in [-0.3, -0.25) is 9.59 Å². The van der Waals surface area contributed by atoms with Gasteiger partial charge in [0.05, 0.1) is 22.5 Å². The molecule has 158 valence electrons. The van der Waals surface area contributed by atoms with Crippen molar-refractivity contribution in [3.63, 3.8) is 0 Å². The second-order valence-electron chi connectivity index (χ2n) is 7.48. The van der Waals surface area contributed by atoms with Crippen molar-refractivity contribution in [2.24, 2.45) is 0 Å². The van der Waals surface area contributed by atoms with E-state index in [2.05, 4.69) is 11.1 Å². The minimum absolute atomic E-state index is 0.0199. The molecule has 0 radical (unpaired) electrons. The number of carbonyl (C=O) groups excluding carboxylic acids is 2. The summed E-state index contributed by atoms with van der Waals surface area (Å²) in [5, 5.41) is 19.9. The summed E-state index contributed by atoms with van der Waals surface area (Å²) in [6, 6.07) is 23.9. The molecule has 1 aliphatic heterocycles. The van der Waals surface area contributed by atoms with Crippen LogP contribution in [-0.2, 0) is 0 Å². The summed E-state index contributed by atoms with van der Waals surface area (Å²) in [7, 11) is 0. The van der Waals surface area contributed by atoms with Crippen molar-refractivity contribution in [1.29, 1.82) is 5.26 Å². The quantitative estimate of drug-likeness (QED) is 0.464. The van der Waals surface area contributed by atoms with Crippen LogP contribution in [0.2, 0.25) is 0 Å². The van der Waals surface area contributed by atoms with Gasteiger partial charge in [-0.25, -0.2) is 9.88 Å². The molecule has 1 aromatic heterocycles. The van der Waals surface area contributed by atoms with E-state index in [1.807, 2.05) is 0 Å². The van der Waals surface area contributed by atoms with E-state index in [1.165, 1.54) is 6.07 Å². The molecule has 7 heteroatoms. The third-order valence-electron chi connectivity index (χ3n) is 5.57. The summed E-state index contributed by atoms with van der Waals surface area (Å²) in [5.41, 5.74) is 9.50. The van der Waals surface area contributed by atoms with Gasteiger partial charge in [0.15, 0.2) is 0 Å². The second kappa shape index (κ2) is 7.62. The summed E-state index contributed by atoms with van der Waals surface area (Å²) in [5.74, 6) is -0.680. The van der Waals surface area contributed by atoms with Crippen molar-refractivity contribution in [2.75, 3.05) is 10.6 Å². The number of phenolic OH excluding ortho intramolecular Hbond substituents is 1. The van der Waals surface area contributed by atoms with E-state index in [-0.39, 0.29) is 28.9 Å². The molecule has 2 heterocycles. The molecule has 0 aliphatic carbocycles. The fraction of sp³-hybridized carbons (Fsp3) is 0. The number of para-hydroxylation sites is 1. The molecule has 0 atom stereocenters. The number of rotatable bonds is 3. The minimum Gasteiger partial charge on any atom is -0.507 e. The fourth-order valence-electron chi connectivity index (χ4n) is 3.95. The second-order valence-corrected chi connectivity index (χ2v) is 7.48. The van der Waals surface area contributed by atoms with Crippen molar-refractivity contribution in [3.8, 4) is 34.2 Å². The number of aromatic nitrogens is 1. The number of carbonyl (C=O) groups is 2. The Hall–Kier alpha value is -4.96. The lowest BCUT2D eigenvalue weighted by Gasteiger charge is -2.15. The van der Waals surface area contributed by atoms with Gasteiger partial charge in [0.25, 0.3) is 11.8 Å². The van der Waals surface area contributed by atoms with Crippen molar-refractivity contribution in [3.05, 3.63) is 95.6 Å². The Kier molecular flexibility index (Phi) is 4.61. The Morgan fingerprint density at radius 2 is 1.39 bits per heavy atom. The Bertz CT molecular complexity index is 1450. The molecule has 33 heavy (non-hydrogen) atoms. The zero-order valence-electron chi connectivity index (χ0n) is 17.2. The van der Waals surface area contributed by atoms with E-state index < -0.39 is 0 Å². The number of nitrogens with zero attached hydrogens (tertiary/aromatic N) is 3. The van der Waals surface area contributed by atoms with Crippen LogP contribution in [0.4, 0.5) is 11.5 Å². The number of nitrogen functional groups attached to an aromatic ring is 1. The number of amides is 2. The monoisotopic (exact) mass is 432 g/mol. The lowest BCUT2D eigenvalue weighted by atomic mass is 9.97. The molecule has 3 N–H and O–H groups in total. The third kappa shape index (κ3) is 3.18. The molecule has 2 amide bonds. The van der Waals surface area contributed by atoms with Gasteiger partial charge in [-0.2, -0.15) is 5.26 Å². The lowest BCUT2D eigenvalue weighted by Crippen LogP contribution is -2.29. The molecular formula is C26H16N4O3. The van der Waals surface area contributed by atoms with E-state index in [4.69, 9.17) is 5.73 Å². The number of benzene rings is 3. The van der Waals surface area contributed by atoms with Gasteiger partial charge in [-0.15, -0.1) is 0 Å². The SMILES string of the molecule is N#Cc1c(-c2ccccc2O)cc(-c2ccc(N3C(=O)c4ccccc4C3=O)cc2)nc1N. The number of nitriles is 1. The average Bonchev–Trinajstić information content (AvgIpc) is 3.09. The first kappa shape index (κ1) is 20.0. The number of nitrogens with two attached hydrogens (primary N) is 1. The van der Waals surface area contributed by atoms with Crippen LogP contribution in [0.25, 0.3) is 22.4 Å². The van der Waals surface area contributed by atoms with Gasteiger partial charge in [0.2, 0.25) is 0 Å². The predicted molar refractivity (Wildman–Crippen MR) is 123 cm³/mol. The van der Waals surface area contributed by atoms with Crippen LogP contribution in [0.15, 0.2) is 78.9 Å². The maximum Gasteiger partial charge on any atom is 0.266 e. The van der Waals surface area contributed by atoms with Crippen LogP contribution >= 0.6 is 0 Å². The first-order valence-corrected chi connectivity index (χ1v) is 10.1. The normalized spacial score (nSPS) is 12.5. The summed E-state index contributed by atoms with van der Waals surface area (Å²) in [6.45, 7) is 0. The third-order valence-corrected chi connectivity index (χ3v) is 5.57. The number of hydrogen-bond donors (Lipinski definition) is 2. The first-order chi connectivity index (χ1) is 16.0. The van der Waals surface area contributed by atoms with Crippen LogP contribution < -0.4 is 10.6 Å². The molecule has 1 aliphatic rings. The Morgan fingerprint density at radius 3 is 1.97 bits per heavy atom. The van der Waals surface area contributed by atoms with E-state index in [9.17, 15) is 20.0 Å². The maximum absolute atomic E-state index is 12.7. The van der Waals surface area contributed by atoms with Crippen LogP contribution in [-0.4, -0.2) is 21.9 Å². The number of fused-ring (bicyclic) bond motifs is 1. The van der Waals surface area contributed by atoms with Crippen LogP contribution in [0.1, 0.15) is 26.3 Å². The Morgan fingerprint density at radius 1 is 0.818 bits per heavy atom. The topological polar surface area (TPSA) is 120 Å². The highest BCUT2D eigenvalue weighted by Gasteiger charge is 2.36. The first-order valence-electron chi connectivity index (χ1n) is 10.1. The zero-order valence-corrected chi connectivity index (χ0v) is 17.2. The van der Waals surface area contributed by atoms with Gasteiger partial charge < -0.3 is 10.8 Å². The molecule has 3 aromatic carbocycles. The van der Waals surface area contributed by atoms with E-state index in [1.54, 1.807) is 72.8 Å². The highest BCUT2D eigenvalue weighted by atomic mass is 16.3. The van der Waals surface area contributed by atoms with Gasteiger partial charge in [0.1, 0.15) is 23.2 Å². The Labute approximate surface area is 189 Å². The van der Waals surface area contributed by atoms with Crippen molar-refractivity contribution in [2.45, 2.75) is 0 Å². The zero-order chi connectivity index (χ0) is 23.1. The number of imide groups is 1. The molecule has 0 bridgehead atoms. The summed E-state index contributed by atoms with van der Waals surface area (Å²) in [4.78, 5) is 31.0. The van der Waals surface area contributed by atoms with Gasteiger partial charge in [-0.1, -0.05) is 42.5 Å². The summed E-state index contributed by atoms with van der Waals surface area (Å²) in [6.07, 6.45) is 0. The molecule has 5 rings (SSSR count). The molecule has 0 spiro atoms. The van der Waals surface area contributed by atoms with Crippen molar-refractivity contribution >= 4 is 23.3 Å². The van der Waals surface area contributed by atoms with Crippen LogP contribution in [0.5, 0.6) is 5.75 Å². The predicted octanol–water partition coefficient (Wildman–Crippen LogP) is 4.38. The highest BCUT2D eigenvalue weighted by molar-refractivity contribution is 6.34. The van der Waals surface area contributed by atoms with Gasteiger partial charge in [-0.05, 0) is 36.4 Å². The lowest BCUT2D eigenvalue weighted by molar-refractivity contribution is 0.0926. The standard InChI is InChI=1S/C26H16N4O3/c27-14-21-20(17-5-3-4-8-23(17)31)13-22(29-24(21)28)15-9-11-16(12-10-15)30-25(32)18-6-1-2-7-19(18)26(30)33/h1-13,31H,(H2,28,29). The fourth-order valence-corrected chi connectivity index (χ4v) is 3.95. The van der Waals surface area contributed by atoms with Gasteiger partial charge in [0, 0.05) is 16.7 Å². The maximum atomic E-state index is 12.7. The minimum atomic E-state index is -0.370. The van der Waals surface area contributed by atoms with Crippen molar-refractivity contribution in [1.82, 2.24) is 4.98 Å².